The maximum Gasteiger partial charge on any atom is 0.322 e. The largest absolute Gasteiger partial charge is 0.326 e. The first-order valence-electron chi connectivity index (χ1n) is 8.68. The van der Waals surface area contributed by atoms with Gasteiger partial charge in [-0.1, -0.05) is 43.3 Å². The van der Waals surface area contributed by atoms with E-state index in [0.717, 1.165) is 29.7 Å². The lowest BCUT2D eigenvalue weighted by Crippen LogP contribution is -2.35. The van der Waals surface area contributed by atoms with E-state index in [2.05, 4.69) is 17.6 Å². The summed E-state index contributed by atoms with van der Waals surface area (Å²) in [4.78, 5) is 26.0. The van der Waals surface area contributed by atoms with Crippen LogP contribution in [0.4, 0.5) is 16.2 Å². The van der Waals surface area contributed by atoms with Crippen molar-refractivity contribution in [3.8, 4) is 0 Å². The number of rotatable bonds is 5. The standard InChI is InChI=1S/C20H23N3O2/c1-2-12-23(14-15-6-4-3-5-7-15)20(25)21-17-10-8-16-9-11-19(24)22-18(16)13-17/h3-8,10,13H,2,9,11-12,14H2,1H3,(H,21,25)(H,22,24). The van der Waals surface area contributed by atoms with Crippen LogP contribution in [-0.4, -0.2) is 23.4 Å². The van der Waals surface area contributed by atoms with E-state index in [9.17, 15) is 9.59 Å². The molecule has 0 aliphatic carbocycles. The van der Waals surface area contributed by atoms with Gasteiger partial charge in [0.25, 0.3) is 0 Å². The monoisotopic (exact) mass is 337 g/mol. The molecule has 0 spiro atoms. The highest BCUT2D eigenvalue weighted by molar-refractivity contribution is 5.96. The Hall–Kier alpha value is -2.82. The second-order valence-electron chi connectivity index (χ2n) is 6.26. The molecule has 0 saturated heterocycles. The van der Waals surface area contributed by atoms with Crippen molar-refractivity contribution in [1.29, 1.82) is 0 Å². The number of aryl methyl sites for hydroxylation is 1. The van der Waals surface area contributed by atoms with Crippen LogP contribution in [0.1, 0.15) is 30.9 Å². The Morgan fingerprint density at radius 1 is 1.16 bits per heavy atom. The van der Waals surface area contributed by atoms with Gasteiger partial charge in [0.05, 0.1) is 0 Å². The van der Waals surface area contributed by atoms with Crippen LogP contribution < -0.4 is 10.6 Å². The smallest absolute Gasteiger partial charge is 0.322 e. The van der Waals surface area contributed by atoms with Crippen molar-refractivity contribution < 1.29 is 9.59 Å². The first-order chi connectivity index (χ1) is 12.2. The number of hydrogen-bond acceptors (Lipinski definition) is 2. The third-order valence-corrected chi connectivity index (χ3v) is 4.25. The first kappa shape index (κ1) is 17.0. The number of hydrogen-bond donors (Lipinski definition) is 2. The molecule has 2 N–H and O–H groups in total. The first-order valence-corrected chi connectivity index (χ1v) is 8.68. The van der Waals surface area contributed by atoms with E-state index >= 15 is 0 Å². The zero-order valence-electron chi connectivity index (χ0n) is 14.4. The Morgan fingerprint density at radius 3 is 2.72 bits per heavy atom. The number of nitrogens with one attached hydrogen (secondary N) is 2. The number of benzene rings is 2. The summed E-state index contributed by atoms with van der Waals surface area (Å²) in [5, 5.41) is 5.81. The number of amides is 3. The zero-order valence-corrected chi connectivity index (χ0v) is 14.4. The van der Waals surface area contributed by atoms with Gasteiger partial charge in [0.1, 0.15) is 0 Å². The van der Waals surface area contributed by atoms with E-state index in [1.54, 1.807) is 4.90 Å². The number of nitrogens with zero attached hydrogens (tertiary/aromatic N) is 1. The number of carbonyl (C=O) groups excluding carboxylic acids is 2. The Morgan fingerprint density at radius 2 is 1.96 bits per heavy atom. The van der Waals surface area contributed by atoms with Gasteiger partial charge < -0.3 is 15.5 Å². The molecular weight excluding hydrogens is 314 g/mol. The van der Waals surface area contributed by atoms with Gasteiger partial charge in [0.2, 0.25) is 5.91 Å². The minimum atomic E-state index is -0.132. The average molecular weight is 337 g/mol. The molecule has 3 amide bonds. The fourth-order valence-electron chi connectivity index (χ4n) is 2.98. The van der Waals surface area contributed by atoms with Gasteiger partial charge in [0.15, 0.2) is 0 Å². The summed E-state index contributed by atoms with van der Waals surface area (Å²) in [6.45, 7) is 3.31. The molecule has 0 atom stereocenters. The van der Waals surface area contributed by atoms with Crippen LogP contribution in [0.25, 0.3) is 0 Å². The Balaban J connectivity index is 1.70. The van der Waals surface area contributed by atoms with E-state index in [4.69, 9.17) is 0 Å². The summed E-state index contributed by atoms with van der Waals surface area (Å²) < 4.78 is 0. The summed E-state index contributed by atoms with van der Waals surface area (Å²) in [6.07, 6.45) is 2.14. The van der Waals surface area contributed by atoms with Crippen molar-refractivity contribution in [2.75, 3.05) is 17.2 Å². The van der Waals surface area contributed by atoms with Gasteiger partial charge in [-0.2, -0.15) is 0 Å². The molecule has 25 heavy (non-hydrogen) atoms. The summed E-state index contributed by atoms with van der Waals surface area (Å²) in [6, 6.07) is 15.5. The molecule has 0 unspecified atom stereocenters. The highest BCUT2D eigenvalue weighted by atomic mass is 16.2. The molecule has 0 aromatic heterocycles. The third-order valence-electron chi connectivity index (χ3n) is 4.25. The van der Waals surface area contributed by atoms with Gasteiger partial charge in [0, 0.05) is 30.9 Å². The van der Waals surface area contributed by atoms with E-state index in [1.807, 2.05) is 48.5 Å². The van der Waals surface area contributed by atoms with E-state index in [1.165, 1.54) is 0 Å². The van der Waals surface area contributed by atoms with E-state index < -0.39 is 0 Å². The fraction of sp³-hybridized carbons (Fsp3) is 0.300. The average Bonchev–Trinajstić information content (AvgIpc) is 2.62. The minimum Gasteiger partial charge on any atom is -0.326 e. The summed E-state index contributed by atoms with van der Waals surface area (Å²) >= 11 is 0. The van der Waals surface area contributed by atoms with Crippen LogP contribution in [0.3, 0.4) is 0 Å². The Labute approximate surface area is 148 Å². The molecule has 0 bridgehead atoms. The molecule has 5 heteroatoms. The van der Waals surface area contributed by atoms with Crippen LogP contribution in [0, 0.1) is 0 Å². The topological polar surface area (TPSA) is 61.4 Å². The number of fused-ring (bicyclic) bond motifs is 1. The van der Waals surface area contributed by atoms with E-state index in [0.29, 0.717) is 25.2 Å². The van der Waals surface area contributed by atoms with Crippen LogP contribution in [0.5, 0.6) is 0 Å². The van der Waals surface area contributed by atoms with Crippen molar-refractivity contribution in [2.24, 2.45) is 0 Å². The van der Waals surface area contributed by atoms with Crippen molar-refractivity contribution in [2.45, 2.75) is 32.7 Å². The van der Waals surface area contributed by atoms with Gasteiger partial charge in [-0.05, 0) is 36.1 Å². The van der Waals surface area contributed by atoms with Gasteiger partial charge >= 0.3 is 6.03 Å². The van der Waals surface area contributed by atoms with Crippen molar-refractivity contribution in [1.82, 2.24) is 4.90 Å². The lowest BCUT2D eigenvalue weighted by molar-refractivity contribution is -0.116. The number of urea groups is 1. The van der Waals surface area contributed by atoms with Gasteiger partial charge in [-0.15, -0.1) is 0 Å². The molecular formula is C20H23N3O2. The molecule has 5 nitrogen and oxygen atoms in total. The molecule has 0 radical (unpaired) electrons. The molecule has 1 aliphatic heterocycles. The maximum atomic E-state index is 12.7. The summed E-state index contributed by atoms with van der Waals surface area (Å²) in [5.41, 5.74) is 3.69. The molecule has 1 aliphatic rings. The molecule has 2 aromatic carbocycles. The molecule has 3 rings (SSSR count). The molecule has 0 saturated carbocycles. The van der Waals surface area contributed by atoms with Crippen LogP contribution >= 0.6 is 0 Å². The molecule has 1 heterocycles. The molecule has 130 valence electrons. The minimum absolute atomic E-state index is 0.0210. The Kier molecular flexibility index (Phi) is 5.33. The van der Waals surface area contributed by atoms with Gasteiger partial charge in [-0.25, -0.2) is 4.79 Å². The van der Waals surface area contributed by atoms with Crippen LogP contribution in [0.15, 0.2) is 48.5 Å². The highest BCUT2D eigenvalue weighted by Crippen LogP contribution is 2.26. The van der Waals surface area contributed by atoms with Crippen molar-refractivity contribution in [3.05, 3.63) is 59.7 Å². The number of anilines is 2. The summed E-state index contributed by atoms with van der Waals surface area (Å²) in [7, 11) is 0. The second-order valence-corrected chi connectivity index (χ2v) is 6.26. The van der Waals surface area contributed by atoms with Crippen molar-refractivity contribution >= 4 is 23.3 Å². The Bertz CT molecular complexity index is 759. The predicted octanol–water partition coefficient (Wildman–Crippen LogP) is 4.02. The van der Waals surface area contributed by atoms with Crippen molar-refractivity contribution in [3.63, 3.8) is 0 Å². The second kappa shape index (κ2) is 7.83. The quantitative estimate of drug-likeness (QED) is 0.866. The normalized spacial score (nSPS) is 12.9. The predicted molar refractivity (Wildman–Crippen MR) is 99.6 cm³/mol. The fourth-order valence-corrected chi connectivity index (χ4v) is 2.98. The van der Waals surface area contributed by atoms with E-state index in [-0.39, 0.29) is 11.9 Å². The highest BCUT2D eigenvalue weighted by Gasteiger charge is 2.17. The SMILES string of the molecule is CCCN(Cc1ccccc1)C(=O)Nc1ccc2c(c1)NC(=O)CC2. The molecule has 0 fully saturated rings. The van der Waals surface area contributed by atoms with Crippen LogP contribution in [-0.2, 0) is 17.8 Å². The lowest BCUT2D eigenvalue weighted by atomic mass is 10.0. The number of carbonyl (C=O) groups is 2. The summed E-state index contributed by atoms with van der Waals surface area (Å²) in [5.74, 6) is 0.0210. The van der Waals surface area contributed by atoms with Gasteiger partial charge in [-0.3, -0.25) is 4.79 Å². The lowest BCUT2D eigenvalue weighted by Gasteiger charge is -2.23. The third kappa shape index (κ3) is 4.38. The van der Waals surface area contributed by atoms with Crippen LogP contribution in [0.2, 0.25) is 0 Å². The zero-order chi connectivity index (χ0) is 17.6. The maximum absolute atomic E-state index is 12.7. The molecule has 2 aromatic rings.